The lowest BCUT2D eigenvalue weighted by Gasteiger charge is -2.10. The Hall–Kier alpha value is -1.42. The van der Waals surface area contributed by atoms with Crippen LogP contribution in [0.4, 0.5) is 0 Å². The van der Waals surface area contributed by atoms with Crippen LogP contribution in [0.15, 0.2) is 41.3 Å². The molecule has 4 heteroatoms. The molecule has 0 spiro atoms. The molecule has 18 heavy (non-hydrogen) atoms. The predicted octanol–water partition coefficient (Wildman–Crippen LogP) is 2.61. The maximum atomic E-state index is 12.1. The van der Waals surface area contributed by atoms with Gasteiger partial charge in [0.2, 0.25) is 0 Å². The van der Waals surface area contributed by atoms with Gasteiger partial charge in [0.15, 0.2) is 0 Å². The molecule has 0 aliphatic rings. The normalized spacial score (nSPS) is 14.4. The minimum Gasteiger partial charge on any atom is -0.461 e. The van der Waals surface area contributed by atoms with E-state index in [9.17, 15) is 9.00 Å². The fraction of sp³-hybridized carbons (Fsp3) is 0.357. The van der Waals surface area contributed by atoms with E-state index in [0.717, 1.165) is 5.56 Å². The fourth-order valence-corrected chi connectivity index (χ4v) is 2.36. The molecule has 0 aliphatic carbocycles. The predicted molar refractivity (Wildman–Crippen MR) is 72.8 cm³/mol. The van der Waals surface area contributed by atoms with Crippen molar-refractivity contribution in [1.29, 1.82) is 0 Å². The summed E-state index contributed by atoms with van der Waals surface area (Å²) in [6, 6.07) is 7.32. The zero-order valence-electron chi connectivity index (χ0n) is 10.9. The average molecular weight is 266 g/mol. The van der Waals surface area contributed by atoms with Crippen LogP contribution in [0.3, 0.4) is 0 Å². The molecule has 1 rings (SSSR count). The lowest BCUT2D eigenvalue weighted by molar-refractivity contribution is -0.141. The number of carbonyl (C=O) groups is 1. The van der Waals surface area contributed by atoms with E-state index >= 15 is 0 Å². The van der Waals surface area contributed by atoms with Crippen LogP contribution in [0.2, 0.25) is 0 Å². The van der Waals surface area contributed by atoms with Gasteiger partial charge in [-0.05, 0) is 32.9 Å². The molecule has 0 saturated carbocycles. The minimum absolute atomic E-state index is 0.227. The number of ether oxygens (including phenoxy) is 1. The number of hydrogen-bond donors (Lipinski definition) is 0. The molecule has 0 aliphatic heterocycles. The van der Waals surface area contributed by atoms with Crippen molar-refractivity contribution < 1.29 is 13.7 Å². The summed E-state index contributed by atoms with van der Waals surface area (Å²) in [6.07, 6.45) is 3.54. The zero-order chi connectivity index (χ0) is 13.5. The van der Waals surface area contributed by atoms with Gasteiger partial charge < -0.3 is 4.74 Å². The van der Waals surface area contributed by atoms with Crippen LogP contribution < -0.4 is 0 Å². The third-order valence-electron chi connectivity index (χ3n) is 2.46. The molecule has 0 aromatic heterocycles. The number of carbonyl (C=O) groups excluding carboxylic acids is 1. The molecule has 0 N–H and O–H groups in total. The van der Waals surface area contributed by atoms with E-state index in [2.05, 4.69) is 0 Å². The highest BCUT2D eigenvalue weighted by Gasteiger charge is 2.22. The molecule has 2 unspecified atom stereocenters. The summed E-state index contributed by atoms with van der Waals surface area (Å²) >= 11 is 0. The molecule has 2 atom stereocenters. The summed E-state index contributed by atoms with van der Waals surface area (Å²) in [7, 11) is -1.37. The second-order valence-electron chi connectivity index (χ2n) is 3.95. The molecule has 0 fully saturated rings. The van der Waals surface area contributed by atoms with Crippen molar-refractivity contribution in [2.75, 3.05) is 6.61 Å². The monoisotopic (exact) mass is 266 g/mol. The van der Waals surface area contributed by atoms with E-state index in [4.69, 9.17) is 4.74 Å². The molecule has 0 bridgehead atoms. The Morgan fingerprint density at radius 1 is 1.39 bits per heavy atom. The Bertz CT molecular complexity index is 449. The second kappa shape index (κ2) is 7.11. The minimum atomic E-state index is -1.37. The van der Waals surface area contributed by atoms with Gasteiger partial charge in [-0.3, -0.25) is 9.00 Å². The molecule has 98 valence electrons. The standard InChI is InChI=1S/C14H18O3S/c1-4-5-10-17-14(15)12(3)18(16)13-8-6-11(2)7-9-13/h4-9,12H,10H2,1-3H3/b5-4+. The largest absolute Gasteiger partial charge is 0.461 e. The van der Waals surface area contributed by atoms with Crippen LogP contribution >= 0.6 is 0 Å². The van der Waals surface area contributed by atoms with Crippen LogP contribution in [-0.4, -0.2) is 22.0 Å². The number of esters is 1. The van der Waals surface area contributed by atoms with Gasteiger partial charge in [0.1, 0.15) is 11.9 Å². The van der Waals surface area contributed by atoms with Gasteiger partial charge >= 0.3 is 5.97 Å². The highest BCUT2D eigenvalue weighted by atomic mass is 32.2. The van der Waals surface area contributed by atoms with E-state index in [0.29, 0.717) is 4.90 Å². The first kappa shape index (κ1) is 14.6. The number of aryl methyl sites for hydroxylation is 1. The third kappa shape index (κ3) is 4.11. The van der Waals surface area contributed by atoms with E-state index in [1.165, 1.54) is 0 Å². The van der Waals surface area contributed by atoms with Gasteiger partial charge in [-0.25, -0.2) is 0 Å². The summed E-state index contributed by atoms with van der Waals surface area (Å²) in [6.45, 7) is 5.65. The maximum absolute atomic E-state index is 12.1. The van der Waals surface area contributed by atoms with Crippen molar-refractivity contribution >= 4 is 16.8 Å². The molecular formula is C14H18O3S. The van der Waals surface area contributed by atoms with Gasteiger partial charge in [0.05, 0.1) is 10.8 Å². The number of rotatable bonds is 5. The molecular weight excluding hydrogens is 248 g/mol. The average Bonchev–Trinajstić information content (AvgIpc) is 2.38. The van der Waals surface area contributed by atoms with Gasteiger partial charge in [-0.2, -0.15) is 0 Å². The molecule has 0 saturated heterocycles. The van der Waals surface area contributed by atoms with Crippen LogP contribution in [0.1, 0.15) is 19.4 Å². The lowest BCUT2D eigenvalue weighted by Crippen LogP contribution is -2.25. The lowest BCUT2D eigenvalue weighted by atomic mass is 10.2. The Balaban J connectivity index is 2.65. The summed E-state index contributed by atoms with van der Waals surface area (Å²) in [5.41, 5.74) is 1.10. The van der Waals surface area contributed by atoms with Gasteiger partial charge in [-0.1, -0.05) is 29.8 Å². The number of benzene rings is 1. The van der Waals surface area contributed by atoms with E-state index in [1.807, 2.05) is 26.0 Å². The molecule has 0 radical (unpaired) electrons. The van der Waals surface area contributed by atoms with E-state index in [1.54, 1.807) is 31.2 Å². The topological polar surface area (TPSA) is 43.4 Å². The first-order valence-corrected chi connectivity index (χ1v) is 7.02. The Kier molecular flexibility index (Phi) is 5.78. The molecule has 1 aromatic carbocycles. The van der Waals surface area contributed by atoms with Crippen molar-refractivity contribution in [1.82, 2.24) is 0 Å². The fourth-order valence-electron chi connectivity index (χ4n) is 1.31. The van der Waals surface area contributed by atoms with Crippen molar-refractivity contribution in [2.24, 2.45) is 0 Å². The van der Waals surface area contributed by atoms with Gasteiger partial charge in [-0.15, -0.1) is 0 Å². The van der Waals surface area contributed by atoms with Crippen LogP contribution in [0, 0.1) is 6.92 Å². The van der Waals surface area contributed by atoms with Crippen molar-refractivity contribution in [3.8, 4) is 0 Å². The molecule has 3 nitrogen and oxygen atoms in total. The Morgan fingerprint density at radius 2 is 2.00 bits per heavy atom. The molecule has 1 aromatic rings. The van der Waals surface area contributed by atoms with Crippen molar-refractivity contribution in [2.45, 2.75) is 30.9 Å². The second-order valence-corrected chi connectivity index (χ2v) is 5.73. The van der Waals surface area contributed by atoms with Crippen LogP contribution in [0.5, 0.6) is 0 Å². The Morgan fingerprint density at radius 3 is 2.56 bits per heavy atom. The van der Waals surface area contributed by atoms with E-state index in [-0.39, 0.29) is 6.61 Å². The first-order chi connectivity index (χ1) is 8.56. The SMILES string of the molecule is C/C=C/COC(=O)C(C)S(=O)c1ccc(C)cc1. The zero-order valence-corrected chi connectivity index (χ0v) is 11.7. The number of hydrogen-bond acceptors (Lipinski definition) is 3. The first-order valence-electron chi connectivity index (χ1n) is 5.81. The van der Waals surface area contributed by atoms with Crippen molar-refractivity contribution in [3.63, 3.8) is 0 Å². The van der Waals surface area contributed by atoms with Crippen LogP contribution in [0.25, 0.3) is 0 Å². The van der Waals surface area contributed by atoms with Crippen LogP contribution in [-0.2, 0) is 20.3 Å². The summed E-state index contributed by atoms with van der Waals surface area (Å²) in [5.74, 6) is -0.438. The highest BCUT2D eigenvalue weighted by Crippen LogP contribution is 2.13. The molecule has 0 amide bonds. The smallest absolute Gasteiger partial charge is 0.322 e. The summed E-state index contributed by atoms with van der Waals surface area (Å²) in [5, 5.41) is -0.655. The summed E-state index contributed by atoms with van der Waals surface area (Å²) in [4.78, 5) is 12.3. The van der Waals surface area contributed by atoms with Gasteiger partial charge in [0, 0.05) is 4.90 Å². The number of allylic oxidation sites excluding steroid dienone is 1. The molecule has 0 heterocycles. The Labute approximate surface area is 110 Å². The third-order valence-corrected chi connectivity index (χ3v) is 4.04. The van der Waals surface area contributed by atoms with Gasteiger partial charge in [0.25, 0.3) is 0 Å². The highest BCUT2D eigenvalue weighted by molar-refractivity contribution is 7.86. The van der Waals surface area contributed by atoms with Crippen molar-refractivity contribution in [3.05, 3.63) is 42.0 Å². The summed E-state index contributed by atoms with van der Waals surface area (Å²) < 4.78 is 17.1. The quantitative estimate of drug-likeness (QED) is 0.608. The maximum Gasteiger partial charge on any atom is 0.322 e. The van der Waals surface area contributed by atoms with E-state index < -0.39 is 22.0 Å².